The monoisotopic (exact) mass is 292 g/mol. The Bertz CT molecular complexity index is 552. The fourth-order valence-corrected chi connectivity index (χ4v) is 4.31. The number of hydrogen-bond donors (Lipinski definition) is 1. The number of nitrogens with one attached hydrogen (secondary N) is 1. The van der Waals surface area contributed by atoms with E-state index in [0.29, 0.717) is 19.0 Å². The molecule has 1 aromatic heterocycles. The van der Waals surface area contributed by atoms with Gasteiger partial charge < -0.3 is 10.2 Å². The molecule has 0 spiro atoms. The molecule has 0 bridgehead atoms. The van der Waals surface area contributed by atoms with Gasteiger partial charge in [0.15, 0.2) is 0 Å². The van der Waals surface area contributed by atoms with Gasteiger partial charge in [-0.15, -0.1) is 11.3 Å². The summed E-state index contributed by atoms with van der Waals surface area (Å²) in [5.41, 5.74) is 2.06. The summed E-state index contributed by atoms with van der Waals surface area (Å²) in [6.45, 7) is 5.22. The molecule has 1 aliphatic carbocycles. The summed E-state index contributed by atoms with van der Waals surface area (Å²) in [6.07, 6.45) is 3.23. The molecule has 1 fully saturated rings. The summed E-state index contributed by atoms with van der Waals surface area (Å²) < 4.78 is 0. The van der Waals surface area contributed by atoms with Gasteiger partial charge in [0.2, 0.25) is 5.91 Å². The van der Waals surface area contributed by atoms with Crippen molar-refractivity contribution in [3.63, 3.8) is 0 Å². The lowest BCUT2D eigenvalue weighted by molar-refractivity contribution is -0.127. The number of carbonyl (C=O) groups excluding carboxylic acids is 2. The van der Waals surface area contributed by atoms with Crippen molar-refractivity contribution < 1.29 is 9.59 Å². The van der Waals surface area contributed by atoms with E-state index in [1.54, 1.807) is 23.2 Å². The quantitative estimate of drug-likeness (QED) is 0.858. The van der Waals surface area contributed by atoms with Crippen LogP contribution >= 0.6 is 11.3 Å². The minimum Gasteiger partial charge on any atom is -0.353 e. The highest BCUT2D eigenvalue weighted by atomic mass is 32.1. The third-order valence-electron chi connectivity index (χ3n) is 4.39. The minimum atomic E-state index is -0.366. The second-order valence-electron chi connectivity index (χ2n) is 5.86. The Morgan fingerprint density at radius 3 is 3.05 bits per heavy atom. The molecule has 2 unspecified atom stereocenters. The van der Waals surface area contributed by atoms with Crippen molar-refractivity contribution in [2.75, 3.05) is 13.1 Å². The van der Waals surface area contributed by atoms with Crippen LogP contribution in [-0.4, -0.2) is 35.8 Å². The van der Waals surface area contributed by atoms with Gasteiger partial charge in [0, 0.05) is 23.3 Å². The fraction of sp³-hybridized carbons (Fsp3) is 0.600. The van der Waals surface area contributed by atoms with Crippen LogP contribution in [0.4, 0.5) is 0 Å². The van der Waals surface area contributed by atoms with Crippen LogP contribution in [0.25, 0.3) is 0 Å². The molecule has 3 rings (SSSR count). The van der Waals surface area contributed by atoms with Crippen molar-refractivity contribution in [3.8, 4) is 0 Å². The predicted octanol–water partition coefficient (Wildman–Crippen LogP) is 1.83. The Labute approximate surface area is 123 Å². The van der Waals surface area contributed by atoms with Gasteiger partial charge in [-0.25, -0.2) is 0 Å². The molecule has 2 heterocycles. The van der Waals surface area contributed by atoms with E-state index in [1.807, 2.05) is 5.38 Å². The van der Waals surface area contributed by atoms with Crippen molar-refractivity contribution in [2.45, 2.75) is 39.2 Å². The number of rotatable bonds is 1. The van der Waals surface area contributed by atoms with Gasteiger partial charge in [0.1, 0.15) is 6.04 Å². The predicted molar refractivity (Wildman–Crippen MR) is 79.0 cm³/mol. The van der Waals surface area contributed by atoms with E-state index >= 15 is 0 Å². The van der Waals surface area contributed by atoms with Gasteiger partial charge in [-0.2, -0.15) is 0 Å². The molecule has 1 saturated heterocycles. The number of thiophene rings is 1. The van der Waals surface area contributed by atoms with Crippen LogP contribution in [0.5, 0.6) is 0 Å². The van der Waals surface area contributed by atoms with Crippen LogP contribution < -0.4 is 5.32 Å². The molecule has 2 amide bonds. The van der Waals surface area contributed by atoms with E-state index in [-0.39, 0.29) is 17.9 Å². The van der Waals surface area contributed by atoms with Crippen molar-refractivity contribution in [3.05, 3.63) is 21.4 Å². The molecular formula is C15H20N2O2S. The Hall–Kier alpha value is -1.36. The highest BCUT2D eigenvalue weighted by molar-refractivity contribution is 7.10. The molecule has 1 aliphatic heterocycles. The molecular weight excluding hydrogens is 272 g/mol. The highest BCUT2D eigenvalue weighted by Crippen LogP contribution is 2.33. The van der Waals surface area contributed by atoms with Crippen LogP contribution in [0, 0.1) is 5.92 Å². The van der Waals surface area contributed by atoms with Gasteiger partial charge in [0.05, 0.1) is 5.56 Å². The van der Waals surface area contributed by atoms with Gasteiger partial charge in [0.25, 0.3) is 5.91 Å². The first-order valence-electron chi connectivity index (χ1n) is 7.26. The Morgan fingerprint density at radius 1 is 1.45 bits per heavy atom. The van der Waals surface area contributed by atoms with Gasteiger partial charge in [-0.1, -0.05) is 6.92 Å². The van der Waals surface area contributed by atoms with Gasteiger partial charge >= 0.3 is 0 Å². The first kappa shape index (κ1) is 13.6. The molecule has 108 valence electrons. The molecule has 2 atom stereocenters. The largest absolute Gasteiger partial charge is 0.353 e. The topological polar surface area (TPSA) is 49.4 Å². The average molecular weight is 292 g/mol. The number of hydrogen-bond acceptors (Lipinski definition) is 3. The summed E-state index contributed by atoms with van der Waals surface area (Å²) in [4.78, 5) is 27.5. The number of nitrogens with zero attached hydrogens (tertiary/aromatic N) is 1. The molecule has 1 aromatic rings. The number of piperazine rings is 1. The van der Waals surface area contributed by atoms with Crippen molar-refractivity contribution >= 4 is 23.2 Å². The SMILES string of the molecule is CC1CCc2c(C(=O)N3CCNC(=O)C3C)csc2C1. The first-order valence-corrected chi connectivity index (χ1v) is 8.13. The van der Waals surface area contributed by atoms with E-state index in [2.05, 4.69) is 12.2 Å². The molecule has 0 aromatic carbocycles. The number of carbonyl (C=O) groups is 2. The van der Waals surface area contributed by atoms with Crippen LogP contribution in [0.3, 0.4) is 0 Å². The standard InChI is InChI=1S/C15H20N2O2S/c1-9-3-4-11-12(8-20-13(11)7-9)15(19)17-6-5-16-14(18)10(17)2/h8-10H,3-7H2,1-2H3,(H,16,18). The van der Waals surface area contributed by atoms with E-state index < -0.39 is 0 Å². The smallest absolute Gasteiger partial charge is 0.255 e. The number of fused-ring (bicyclic) bond motifs is 1. The fourth-order valence-electron chi connectivity index (χ4n) is 3.07. The highest BCUT2D eigenvalue weighted by Gasteiger charge is 2.32. The second kappa shape index (κ2) is 5.20. The van der Waals surface area contributed by atoms with Crippen molar-refractivity contribution in [2.24, 2.45) is 5.92 Å². The minimum absolute atomic E-state index is 0.0272. The Morgan fingerprint density at radius 2 is 2.25 bits per heavy atom. The molecule has 0 radical (unpaired) electrons. The first-order chi connectivity index (χ1) is 9.58. The second-order valence-corrected chi connectivity index (χ2v) is 6.83. The van der Waals surface area contributed by atoms with Crippen LogP contribution in [-0.2, 0) is 17.6 Å². The number of amides is 2. The average Bonchev–Trinajstić information content (AvgIpc) is 2.84. The molecule has 1 N–H and O–H groups in total. The lowest BCUT2D eigenvalue weighted by atomic mass is 9.88. The molecule has 0 saturated carbocycles. The summed E-state index contributed by atoms with van der Waals surface area (Å²) in [7, 11) is 0. The van der Waals surface area contributed by atoms with Gasteiger partial charge in [-0.3, -0.25) is 9.59 Å². The summed E-state index contributed by atoms with van der Waals surface area (Å²) in [6, 6.07) is -0.366. The normalized spacial score (nSPS) is 26.1. The molecule has 20 heavy (non-hydrogen) atoms. The van der Waals surface area contributed by atoms with E-state index in [0.717, 1.165) is 24.8 Å². The lowest BCUT2D eigenvalue weighted by Gasteiger charge is -2.33. The Balaban J connectivity index is 1.86. The maximum atomic E-state index is 12.7. The third-order valence-corrected chi connectivity index (χ3v) is 5.44. The maximum absolute atomic E-state index is 12.7. The van der Waals surface area contributed by atoms with E-state index in [9.17, 15) is 9.59 Å². The van der Waals surface area contributed by atoms with E-state index in [1.165, 1.54) is 10.4 Å². The van der Waals surface area contributed by atoms with Crippen LogP contribution in [0.2, 0.25) is 0 Å². The van der Waals surface area contributed by atoms with E-state index in [4.69, 9.17) is 0 Å². The van der Waals surface area contributed by atoms with Crippen molar-refractivity contribution in [1.29, 1.82) is 0 Å². The molecule has 5 heteroatoms. The zero-order valence-electron chi connectivity index (χ0n) is 11.9. The van der Waals surface area contributed by atoms with Crippen LogP contribution in [0.1, 0.15) is 41.1 Å². The summed E-state index contributed by atoms with van der Waals surface area (Å²) >= 11 is 1.70. The maximum Gasteiger partial charge on any atom is 0.255 e. The van der Waals surface area contributed by atoms with Crippen LogP contribution in [0.15, 0.2) is 5.38 Å². The third kappa shape index (κ3) is 2.24. The molecule has 2 aliphatic rings. The lowest BCUT2D eigenvalue weighted by Crippen LogP contribution is -2.55. The zero-order valence-corrected chi connectivity index (χ0v) is 12.8. The van der Waals surface area contributed by atoms with Gasteiger partial charge in [-0.05, 0) is 37.7 Å². The van der Waals surface area contributed by atoms with Crippen molar-refractivity contribution in [1.82, 2.24) is 10.2 Å². The summed E-state index contributed by atoms with van der Waals surface area (Å²) in [5, 5.41) is 4.79. The molecule has 4 nitrogen and oxygen atoms in total. The Kier molecular flexibility index (Phi) is 3.54. The zero-order chi connectivity index (χ0) is 14.3. The summed E-state index contributed by atoms with van der Waals surface area (Å²) in [5.74, 6) is 0.686.